The Morgan fingerprint density at radius 1 is 0.962 bits per heavy atom. The van der Waals surface area contributed by atoms with E-state index in [9.17, 15) is 0 Å². The van der Waals surface area contributed by atoms with Crippen molar-refractivity contribution >= 4 is 11.3 Å². The van der Waals surface area contributed by atoms with Gasteiger partial charge in [-0.25, -0.2) is 15.0 Å². The summed E-state index contributed by atoms with van der Waals surface area (Å²) in [4.78, 5) is 8.89. The second-order valence-electron chi connectivity index (χ2n) is 7.99. The van der Waals surface area contributed by atoms with Gasteiger partial charge in [-0.15, -0.1) is 0 Å². The molecular formula is C19H30N4O2S. The van der Waals surface area contributed by atoms with Crippen LogP contribution in [0.2, 0.25) is 0 Å². The standard InChI is InChI=1S/C19H30N4O2S/c1-2-15(3-1)21-7-4-16(5-8-21)25-19-20-17-6-9-23(14-18(17)26-19)22-10-12-24-13-11-22/h15-16H,1-14H2. The second kappa shape index (κ2) is 7.72. The van der Waals surface area contributed by atoms with E-state index in [1.807, 2.05) is 0 Å². The van der Waals surface area contributed by atoms with Crippen molar-refractivity contribution in [1.82, 2.24) is 19.9 Å². The molecule has 0 atom stereocenters. The Morgan fingerprint density at radius 2 is 1.77 bits per heavy atom. The van der Waals surface area contributed by atoms with Gasteiger partial charge < -0.3 is 14.4 Å². The van der Waals surface area contributed by atoms with Crippen LogP contribution < -0.4 is 4.74 Å². The van der Waals surface area contributed by atoms with Crippen LogP contribution in [0.3, 0.4) is 0 Å². The Hall–Kier alpha value is -0.730. The molecule has 3 fully saturated rings. The summed E-state index contributed by atoms with van der Waals surface area (Å²) in [7, 11) is 0. The third kappa shape index (κ3) is 3.64. The number of piperidine rings is 1. The first-order valence-corrected chi connectivity index (χ1v) is 11.1. The van der Waals surface area contributed by atoms with Crippen molar-refractivity contribution in [2.24, 2.45) is 0 Å². The summed E-state index contributed by atoms with van der Waals surface area (Å²) in [5.74, 6) is 0. The molecule has 0 aromatic carbocycles. The molecule has 1 aromatic heterocycles. The Morgan fingerprint density at radius 3 is 2.50 bits per heavy atom. The smallest absolute Gasteiger partial charge is 0.273 e. The molecule has 3 aliphatic heterocycles. The van der Waals surface area contributed by atoms with Gasteiger partial charge in [0.15, 0.2) is 0 Å². The maximum Gasteiger partial charge on any atom is 0.273 e. The number of likely N-dealkylation sites (tertiary alicyclic amines) is 1. The number of morpholine rings is 1. The van der Waals surface area contributed by atoms with Gasteiger partial charge in [0.25, 0.3) is 5.19 Å². The number of hydrogen-bond donors (Lipinski definition) is 0. The average molecular weight is 379 g/mol. The van der Waals surface area contributed by atoms with E-state index in [-0.39, 0.29) is 0 Å². The number of thiazole rings is 1. The van der Waals surface area contributed by atoms with E-state index in [1.54, 1.807) is 11.3 Å². The molecule has 1 aliphatic carbocycles. The lowest BCUT2D eigenvalue weighted by Crippen LogP contribution is -2.50. The molecule has 0 spiro atoms. The number of aromatic nitrogens is 1. The molecule has 4 aliphatic rings. The Balaban J connectivity index is 1.15. The summed E-state index contributed by atoms with van der Waals surface area (Å²) in [6.45, 7) is 8.16. The van der Waals surface area contributed by atoms with Crippen molar-refractivity contribution in [3.8, 4) is 5.19 Å². The van der Waals surface area contributed by atoms with Crippen LogP contribution in [0.1, 0.15) is 42.7 Å². The van der Waals surface area contributed by atoms with Gasteiger partial charge in [-0.05, 0) is 25.7 Å². The summed E-state index contributed by atoms with van der Waals surface area (Å²) in [6, 6.07) is 0.870. The largest absolute Gasteiger partial charge is 0.467 e. The summed E-state index contributed by atoms with van der Waals surface area (Å²) < 4.78 is 11.8. The van der Waals surface area contributed by atoms with E-state index in [0.29, 0.717) is 6.10 Å². The quantitative estimate of drug-likeness (QED) is 0.800. The average Bonchev–Trinajstić information content (AvgIpc) is 3.04. The van der Waals surface area contributed by atoms with Gasteiger partial charge >= 0.3 is 0 Å². The van der Waals surface area contributed by atoms with E-state index >= 15 is 0 Å². The summed E-state index contributed by atoms with van der Waals surface area (Å²) in [6.07, 6.45) is 7.94. The van der Waals surface area contributed by atoms with Crippen molar-refractivity contribution < 1.29 is 9.47 Å². The SMILES string of the molecule is C1CC(N2CCC(Oc3nc4c(s3)CN(N3CCOCC3)CC4)CC2)C1. The fraction of sp³-hybridized carbons (Fsp3) is 0.842. The van der Waals surface area contributed by atoms with Crippen LogP contribution in [0.4, 0.5) is 0 Å². The highest BCUT2D eigenvalue weighted by Crippen LogP contribution is 2.33. The molecule has 144 valence electrons. The normalized spacial score (nSPS) is 27.2. The molecule has 2 saturated heterocycles. The zero-order valence-electron chi connectivity index (χ0n) is 15.6. The minimum Gasteiger partial charge on any atom is -0.467 e. The molecule has 0 N–H and O–H groups in total. The van der Waals surface area contributed by atoms with Gasteiger partial charge in [0.2, 0.25) is 0 Å². The molecule has 1 aromatic rings. The van der Waals surface area contributed by atoms with Gasteiger partial charge in [0, 0.05) is 56.6 Å². The molecule has 0 radical (unpaired) electrons. The molecule has 0 bridgehead atoms. The highest BCUT2D eigenvalue weighted by molar-refractivity contribution is 7.13. The van der Waals surface area contributed by atoms with Crippen LogP contribution >= 0.6 is 11.3 Å². The number of hydrazine groups is 1. The van der Waals surface area contributed by atoms with E-state index in [0.717, 1.165) is 69.9 Å². The number of nitrogens with zero attached hydrogens (tertiary/aromatic N) is 4. The molecular weight excluding hydrogens is 348 g/mol. The molecule has 0 unspecified atom stereocenters. The molecule has 26 heavy (non-hydrogen) atoms. The van der Waals surface area contributed by atoms with Crippen molar-refractivity contribution in [1.29, 1.82) is 0 Å². The monoisotopic (exact) mass is 378 g/mol. The maximum atomic E-state index is 6.30. The van der Waals surface area contributed by atoms with Gasteiger partial charge in [0.05, 0.1) is 18.9 Å². The number of ether oxygens (including phenoxy) is 2. The Kier molecular flexibility index (Phi) is 5.16. The zero-order chi connectivity index (χ0) is 17.3. The summed E-state index contributed by atoms with van der Waals surface area (Å²) >= 11 is 1.77. The van der Waals surface area contributed by atoms with E-state index in [1.165, 1.54) is 42.9 Å². The first kappa shape index (κ1) is 17.4. The van der Waals surface area contributed by atoms with Gasteiger partial charge in [-0.3, -0.25) is 0 Å². The highest BCUT2D eigenvalue weighted by Gasteiger charge is 2.31. The predicted molar refractivity (Wildman–Crippen MR) is 101 cm³/mol. The molecule has 1 saturated carbocycles. The molecule has 4 heterocycles. The number of hydrogen-bond acceptors (Lipinski definition) is 7. The molecule has 0 amide bonds. The van der Waals surface area contributed by atoms with Crippen molar-refractivity contribution in [2.45, 2.75) is 57.2 Å². The fourth-order valence-corrected chi connectivity index (χ4v) is 5.57. The van der Waals surface area contributed by atoms with Crippen LogP contribution in [0.5, 0.6) is 5.19 Å². The third-order valence-electron chi connectivity index (χ3n) is 6.41. The van der Waals surface area contributed by atoms with E-state index in [4.69, 9.17) is 14.5 Å². The third-order valence-corrected chi connectivity index (χ3v) is 7.39. The van der Waals surface area contributed by atoms with Gasteiger partial charge in [-0.1, -0.05) is 17.8 Å². The van der Waals surface area contributed by atoms with E-state index in [2.05, 4.69) is 14.9 Å². The Labute approximate surface area is 160 Å². The molecule has 5 rings (SSSR count). The van der Waals surface area contributed by atoms with Crippen LogP contribution in [-0.4, -0.2) is 78.0 Å². The molecule has 6 nitrogen and oxygen atoms in total. The maximum absolute atomic E-state index is 6.30. The van der Waals surface area contributed by atoms with Crippen LogP contribution in [0.25, 0.3) is 0 Å². The minimum absolute atomic E-state index is 0.356. The van der Waals surface area contributed by atoms with Crippen LogP contribution in [0, 0.1) is 0 Å². The number of fused-ring (bicyclic) bond motifs is 1. The topological polar surface area (TPSA) is 41.1 Å². The van der Waals surface area contributed by atoms with Gasteiger partial charge in [-0.2, -0.15) is 0 Å². The predicted octanol–water partition coefficient (Wildman–Crippen LogP) is 2.14. The zero-order valence-corrected chi connectivity index (χ0v) is 16.4. The Bertz CT molecular complexity index is 607. The summed E-state index contributed by atoms with van der Waals surface area (Å²) in [5.41, 5.74) is 1.27. The summed E-state index contributed by atoms with van der Waals surface area (Å²) in [5, 5.41) is 5.83. The van der Waals surface area contributed by atoms with Gasteiger partial charge in [0.1, 0.15) is 6.10 Å². The first-order valence-electron chi connectivity index (χ1n) is 10.3. The lowest BCUT2D eigenvalue weighted by atomic mass is 9.90. The lowest BCUT2D eigenvalue weighted by Gasteiger charge is -2.41. The lowest BCUT2D eigenvalue weighted by molar-refractivity contribution is -0.0973. The highest BCUT2D eigenvalue weighted by atomic mass is 32.1. The van der Waals surface area contributed by atoms with E-state index < -0.39 is 0 Å². The fourth-order valence-electron chi connectivity index (χ4n) is 4.54. The minimum atomic E-state index is 0.356. The molecule has 7 heteroatoms. The van der Waals surface area contributed by atoms with Crippen molar-refractivity contribution in [3.63, 3.8) is 0 Å². The second-order valence-corrected chi connectivity index (χ2v) is 9.04. The van der Waals surface area contributed by atoms with Crippen molar-refractivity contribution in [2.75, 3.05) is 45.9 Å². The number of rotatable bonds is 4. The van der Waals surface area contributed by atoms with Crippen LogP contribution in [0.15, 0.2) is 0 Å². The van der Waals surface area contributed by atoms with Crippen LogP contribution in [-0.2, 0) is 17.7 Å². The first-order chi connectivity index (χ1) is 12.8. The van der Waals surface area contributed by atoms with Crippen molar-refractivity contribution in [3.05, 3.63) is 10.6 Å².